The maximum atomic E-state index is 11.9. The van der Waals surface area contributed by atoms with Gasteiger partial charge in [0.05, 0.1) is 20.4 Å². The summed E-state index contributed by atoms with van der Waals surface area (Å²) in [5.41, 5.74) is 4.59. The SMILES string of the molecule is COc1ccc(C=NNC(=O)CC(=O)Nc2ccccc2C)c(OC)c1. The second-order valence-electron chi connectivity index (χ2n) is 5.44. The summed E-state index contributed by atoms with van der Waals surface area (Å²) in [5, 5.41) is 6.55. The van der Waals surface area contributed by atoms with Gasteiger partial charge in [0.25, 0.3) is 0 Å². The average Bonchev–Trinajstić information content (AvgIpc) is 2.63. The minimum Gasteiger partial charge on any atom is -0.497 e. The number of nitrogens with zero attached hydrogens (tertiary/aromatic N) is 1. The maximum absolute atomic E-state index is 11.9. The van der Waals surface area contributed by atoms with Gasteiger partial charge in [-0.2, -0.15) is 5.10 Å². The molecule has 2 N–H and O–H groups in total. The van der Waals surface area contributed by atoms with E-state index in [4.69, 9.17) is 9.47 Å². The number of methoxy groups -OCH3 is 2. The molecule has 7 nitrogen and oxygen atoms in total. The summed E-state index contributed by atoms with van der Waals surface area (Å²) in [5.74, 6) is 0.282. The van der Waals surface area contributed by atoms with Crippen molar-refractivity contribution in [1.29, 1.82) is 0 Å². The van der Waals surface area contributed by atoms with E-state index in [0.717, 1.165) is 5.56 Å². The summed E-state index contributed by atoms with van der Waals surface area (Å²) in [4.78, 5) is 23.8. The number of carbonyl (C=O) groups excluding carboxylic acids is 2. The number of amides is 2. The molecular weight excluding hydrogens is 334 g/mol. The molecule has 0 atom stereocenters. The smallest absolute Gasteiger partial charge is 0.249 e. The van der Waals surface area contributed by atoms with Crippen LogP contribution in [-0.4, -0.2) is 32.2 Å². The van der Waals surface area contributed by atoms with E-state index in [9.17, 15) is 9.59 Å². The van der Waals surface area contributed by atoms with Gasteiger partial charge in [-0.05, 0) is 30.7 Å². The van der Waals surface area contributed by atoms with Crippen LogP contribution in [0.25, 0.3) is 0 Å². The number of benzene rings is 2. The molecule has 0 heterocycles. The summed E-state index contributed by atoms with van der Waals surface area (Å²) in [6.45, 7) is 1.88. The van der Waals surface area contributed by atoms with Gasteiger partial charge < -0.3 is 14.8 Å². The molecule has 2 amide bonds. The Bertz CT molecular complexity index is 818. The van der Waals surface area contributed by atoms with Gasteiger partial charge in [-0.15, -0.1) is 0 Å². The maximum Gasteiger partial charge on any atom is 0.249 e. The third-order valence-electron chi connectivity index (χ3n) is 3.57. The lowest BCUT2D eigenvalue weighted by Gasteiger charge is -2.08. The minimum atomic E-state index is -0.514. The Balaban J connectivity index is 1.89. The van der Waals surface area contributed by atoms with Crippen molar-refractivity contribution in [2.45, 2.75) is 13.3 Å². The van der Waals surface area contributed by atoms with E-state index in [-0.39, 0.29) is 6.42 Å². The third-order valence-corrected chi connectivity index (χ3v) is 3.57. The predicted molar refractivity (Wildman–Crippen MR) is 99.7 cm³/mol. The number of nitrogens with one attached hydrogen (secondary N) is 2. The largest absolute Gasteiger partial charge is 0.497 e. The molecule has 0 radical (unpaired) electrons. The predicted octanol–water partition coefficient (Wildman–Crippen LogP) is 2.49. The van der Waals surface area contributed by atoms with Crippen LogP contribution in [0.15, 0.2) is 47.6 Å². The van der Waals surface area contributed by atoms with Crippen LogP contribution in [0.5, 0.6) is 11.5 Å². The second-order valence-corrected chi connectivity index (χ2v) is 5.44. The van der Waals surface area contributed by atoms with Crippen LogP contribution in [-0.2, 0) is 9.59 Å². The lowest BCUT2D eigenvalue weighted by atomic mass is 10.2. The normalized spacial score (nSPS) is 10.4. The molecule has 0 spiro atoms. The molecule has 26 heavy (non-hydrogen) atoms. The summed E-state index contributed by atoms with van der Waals surface area (Å²) in [7, 11) is 3.09. The van der Waals surface area contributed by atoms with Crippen molar-refractivity contribution in [3.05, 3.63) is 53.6 Å². The standard InChI is InChI=1S/C19H21N3O4/c1-13-6-4-5-7-16(13)21-18(23)11-19(24)22-20-12-14-8-9-15(25-2)10-17(14)26-3/h4-10,12H,11H2,1-3H3,(H,21,23)(H,22,24). The van der Waals surface area contributed by atoms with Crippen molar-refractivity contribution in [2.24, 2.45) is 5.10 Å². The van der Waals surface area contributed by atoms with Crippen molar-refractivity contribution in [1.82, 2.24) is 5.43 Å². The molecule has 0 fully saturated rings. The molecule has 136 valence electrons. The Morgan fingerprint density at radius 3 is 2.54 bits per heavy atom. The lowest BCUT2D eigenvalue weighted by Crippen LogP contribution is -2.24. The number of carbonyl (C=O) groups is 2. The van der Waals surface area contributed by atoms with Crippen molar-refractivity contribution in [2.75, 3.05) is 19.5 Å². The molecule has 2 aromatic rings. The van der Waals surface area contributed by atoms with E-state index in [0.29, 0.717) is 22.7 Å². The fraction of sp³-hybridized carbons (Fsp3) is 0.211. The van der Waals surface area contributed by atoms with Gasteiger partial charge in [0.1, 0.15) is 17.9 Å². The summed E-state index contributed by atoms with van der Waals surface area (Å²) >= 11 is 0. The Morgan fingerprint density at radius 1 is 1.08 bits per heavy atom. The zero-order valence-electron chi connectivity index (χ0n) is 14.9. The highest BCUT2D eigenvalue weighted by molar-refractivity contribution is 6.04. The molecule has 0 saturated heterocycles. The van der Waals surface area contributed by atoms with Crippen LogP contribution in [0.3, 0.4) is 0 Å². The first-order valence-corrected chi connectivity index (χ1v) is 7.93. The first kappa shape index (κ1) is 19.0. The van der Waals surface area contributed by atoms with Crippen LogP contribution in [0, 0.1) is 6.92 Å². The molecule has 0 aliphatic heterocycles. The first-order valence-electron chi connectivity index (χ1n) is 7.93. The van der Waals surface area contributed by atoms with Crippen molar-refractivity contribution >= 4 is 23.7 Å². The van der Waals surface area contributed by atoms with Crippen LogP contribution < -0.4 is 20.2 Å². The van der Waals surface area contributed by atoms with E-state index < -0.39 is 11.8 Å². The van der Waals surface area contributed by atoms with Gasteiger partial charge in [-0.25, -0.2) is 5.43 Å². The molecule has 0 aromatic heterocycles. The molecule has 0 saturated carbocycles. The van der Waals surface area contributed by atoms with Gasteiger partial charge in [0.2, 0.25) is 11.8 Å². The molecule has 0 unspecified atom stereocenters. The van der Waals surface area contributed by atoms with Gasteiger partial charge in [0.15, 0.2) is 0 Å². The van der Waals surface area contributed by atoms with Gasteiger partial charge in [-0.3, -0.25) is 9.59 Å². The molecule has 2 aromatic carbocycles. The van der Waals surface area contributed by atoms with Crippen molar-refractivity contribution in [3.63, 3.8) is 0 Å². The highest BCUT2D eigenvalue weighted by Gasteiger charge is 2.10. The summed E-state index contributed by atoms with van der Waals surface area (Å²) in [6, 6.07) is 12.6. The third kappa shape index (κ3) is 5.34. The number of rotatable bonds is 7. The molecule has 0 aliphatic rings. The molecular formula is C19H21N3O4. The fourth-order valence-corrected chi connectivity index (χ4v) is 2.19. The topological polar surface area (TPSA) is 89.0 Å². The number of hydrazone groups is 1. The zero-order valence-corrected chi connectivity index (χ0v) is 14.9. The van der Waals surface area contributed by atoms with E-state index in [1.54, 1.807) is 31.4 Å². The van der Waals surface area contributed by atoms with Crippen LogP contribution in [0.4, 0.5) is 5.69 Å². The van der Waals surface area contributed by atoms with E-state index in [1.165, 1.54) is 13.3 Å². The number of hydrogen-bond acceptors (Lipinski definition) is 5. The van der Waals surface area contributed by atoms with Gasteiger partial charge in [0, 0.05) is 17.3 Å². The molecule has 0 aliphatic carbocycles. The first-order chi connectivity index (χ1) is 12.5. The van der Waals surface area contributed by atoms with E-state index >= 15 is 0 Å². The molecule has 7 heteroatoms. The quantitative estimate of drug-likeness (QED) is 0.454. The van der Waals surface area contributed by atoms with Crippen LogP contribution in [0.1, 0.15) is 17.5 Å². The highest BCUT2D eigenvalue weighted by Crippen LogP contribution is 2.23. The number of hydrogen-bond donors (Lipinski definition) is 2. The monoisotopic (exact) mass is 355 g/mol. The fourth-order valence-electron chi connectivity index (χ4n) is 2.19. The highest BCUT2D eigenvalue weighted by atomic mass is 16.5. The Kier molecular flexibility index (Phi) is 6.73. The lowest BCUT2D eigenvalue weighted by molar-refractivity contribution is -0.126. The van der Waals surface area contributed by atoms with Crippen LogP contribution in [0.2, 0.25) is 0 Å². The second kappa shape index (κ2) is 9.22. The summed E-state index contributed by atoms with van der Waals surface area (Å²) < 4.78 is 10.4. The molecule has 0 bridgehead atoms. The van der Waals surface area contributed by atoms with Crippen LogP contribution >= 0.6 is 0 Å². The van der Waals surface area contributed by atoms with Crippen molar-refractivity contribution < 1.29 is 19.1 Å². The number of aryl methyl sites for hydroxylation is 1. The van der Waals surface area contributed by atoms with Gasteiger partial charge in [-0.1, -0.05) is 18.2 Å². The summed E-state index contributed by atoms with van der Waals surface area (Å²) in [6.07, 6.45) is 1.11. The Morgan fingerprint density at radius 2 is 1.85 bits per heavy atom. The average molecular weight is 355 g/mol. The minimum absolute atomic E-state index is 0.328. The number of para-hydroxylation sites is 1. The molecule has 2 rings (SSSR count). The van der Waals surface area contributed by atoms with E-state index in [1.807, 2.05) is 25.1 Å². The number of ether oxygens (including phenoxy) is 2. The van der Waals surface area contributed by atoms with E-state index in [2.05, 4.69) is 15.8 Å². The van der Waals surface area contributed by atoms with Gasteiger partial charge >= 0.3 is 0 Å². The zero-order chi connectivity index (χ0) is 18.9. The Labute approximate surface area is 152 Å². The Hall–Kier alpha value is -3.35. The number of anilines is 1. The van der Waals surface area contributed by atoms with Crippen molar-refractivity contribution in [3.8, 4) is 11.5 Å².